The molecule has 0 N–H and O–H groups in total. The van der Waals surface area contributed by atoms with Gasteiger partial charge in [0.1, 0.15) is 11.4 Å². The summed E-state index contributed by atoms with van der Waals surface area (Å²) < 4.78 is 11.1. The predicted molar refractivity (Wildman–Crippen MR) is 111 cm³/mol. The molecule has 1 amide bonds. The highest BCUT2D eigenvalue weighted by atomic mass is 16.5. The Morgan fingerprint density at radius 2 is 1.70 bits per heavy atom. The van der Waals surface area contributed by atoms with Crippen LogP contribution in [0.15, 0.2) is 36.4 Å². The third-order valence-corrected chi connectivity index (χ3v) is 6.20. The number of carbonyl (C=O) groups is 3. The van der Waals surface area contributed by atoms with E-state index < -0.39 is 11.6 Å². The van der Waals surface area contributed by atoms with Crippen molar-refractivity contribution in [3.8, 4) is 5.75 Å². The summed E-state index contributed by atoms with van der Waals surface area (Å²) in [5.74, 6) is 0.148. The Kier molecular flexibility index (Phi) is 5.10. The monoisotopic (exact) mass is 407 g/mol. The largest absolute Gasteiger partial charge is 0.486 e. The van der Waals surface area contributed by atoms with Crippen molar-refractivity contribution >= 4 is 17.7 Å². The summed E-state index contributed by atoms with van der Waals surface area (Å²) in [6.45, 7) is 4.99. The van der Waals surface area contributed by atoms with Crippen molar-refractivity contribution < 1.29 is 23.9 Å². The molecule has 2 heterocycles. The van der Waals surface area contributed by atoms with Gasteiger partial charge in [0, 0.05) is 31.5 Å². The Morgan fingerprint density at radius 3 is 2.40 bits per heavy atom. The lowest BCUT2D eigenvalue weighted by Crippen LogP contribution is -2.52. The SMILES string of the molecule is COC(=O)c1cccc(C(=O)N2CCC3(CC2)CC(=O)c2cc(C)c(C)cc2O3)c1. The number of amides is 1. The fraction of sp³-hybridized carbons (Fsp3) is 0.375. The Balaban J connectivity index is 1.49. The minimum absolute atomic E-state index is 0.102. The standard InChI is InChI=1S/C24H25NO5/c1-15-11-19-20(26)14-24(30-21(19)12-16(15)2)7-9-25(10-8-24)22(27)17-5-4-6-18(13-17)23(28)29-3/h4-6,11-13H,7-10,14H2,1-3H3. The van der Waals surface area contributed by atoms with Crippen LogP contribution in [0.1, 0.15) is 61.5 Å². The Labute approximate surface area is 175 Å². The van der Waals surface area contributed by atoms with Gasteiger partial charge in [-0.2, -0.15) is 0 Å². The van der Waals surface area contributed by atoms with E-state index in [-0.39, 0.29) is 11.7 Å². The van der Waals surface area contributed by atoms with Crippen LogP contribution in [-0.4, -0.2) is 48.4 Å². The van der Waals surface area contributed by atoms with Gasteiger partial charge in [0.05, 0.1) is 24.7 Å². The smallest absolute Gasteiger partial charge is 0.337 e. The number of carbonyl (C=O) groups excluding carboxylic acids is 3. The van der Waals surface area contributed by atoms with E-state index in [0.717, 1.165) is 11.1 Å². The highest BCUT2D eigenvalue weighted by Crippen LogP contribution is 2.40. The molecular formula is C24H25NO5. The van der Waals surface area contributed by atoms with Gasteiger partial charge in [0.2, 0.25) is 0 Å². The molecule has 6 nitrogen and oxygen atoms in total. The first-order chi connectivity index (χ1) is 14.3. The van der Waals surface area contributed by atoms with Gasteiger partial charge in [-0.1, -0.05) is 6.07 Å². The maximum Gasteiger partial charge on any atom is 0.337 e. The van der Waals surface area contributed by atoms with E-state index in [0.29, 0.717) is 54.8 Å². The van der Waals surface area contributed by atoms with Crippen LogP contribution >= 0.6 is 0 Å². The van der Waals surface area contributed by atoms with E-state index in [1.165, 1.54) is 7.11 Å². The van der Waals surface area contributed by atoms with Crippen molar-refractivity contribution in [3.63, 3.8) is 0 Å². The first kappa shape index (κ1) is 20.1. The molecular weight excluding hydrogens is 382 g/mol. The number of likely N-dealkylation sites (tertiary alicyclic amines) is 1. The average Bonchev–Trinajstić information content (AvgIpc) is 2.75. The zero-order valence-electron chi connectivity index (χ0n) is 17.5. The summed E-state index contributed by atoms with van der Waals surface area (Å²) in [6.07, 6.45) is 1.52. The number of esters is 1. The number of rotatable bonds is 2. The number of Topliss-reactive ketones (excluding diaryl/α,β-unsaturated/α-hetero) is 1. The molecule has 0 saturated carbocycles. The van der Waals surface area contributed by atoms with Crippen LogP contribution in [0, 0.1) is 13.8 Å². The molecule has 1 fully saturated rings. The topological polar surface area (TPSA) is 72.9 Å². The van der Waals surface area contributed by atoms with Crippen LogP contribution in [0.5, 0.6) is 5.75 Å². The summed E-state index contributed by atoms with van der Waals surface area (Å²) in [4.78, 5) is 39.2. The van der Waals surface area contributed by atoms with Gasteiger partial charge < -0.3 is 14.4 Å². The number of aryl methyl sites for hydroxylation is 2. The molecule has 0 bridgehead atoms. The molecule has 0 unspecified atom stereocenters. The second-order valence-electron chi connectivity index (χ2n) is 8.18. The molecule has 1 spiro atoms. The number of hydrogen-bond donors (Lipinski definition) is 0. The number of benzene rings is 2. The molecule has 156 valence electrons. The van der Waals surface area contributed by atoms with Crippen LogP contribution in [0.3, 0.4) is 0 Å². The van der Waals surface area contributed by atoms with Crippen molar-refractivity contribution in [2.75, 3.05) is 20.2 Å². The normalized spacial score (nSPS) is 17.3. The molecule has 2 aliphatic heterocycles. The number of hydrogen-bond acceptors (Lipinski definition) is 5. The van der Waals surface area contributed by atoms with Crippen LogP contribution in [0.25, 0.3) is 0 Å². The van der Waals surface area contributed by atoms with E-state index in [1.54, 1.807) is 29.2 Å². The van der Waals surface area contributed by atoms with E-state index >= 15 is 0 Å². The number of nitrogens with zero attached hydrogens (tertiary/aromatic N) is 1. The molecule has 2 aromatic rings. The molecule has 0 radical (unpaired) electrons. The molecule has 4 rings (SSSR count). The predicted octanol–water partition coefficient (Wildman–Crippen LogP) is 3.73. The first-order valence-electron chi connectivity index (χ1n) is 10.1. The summed E-state index contributed by atoms with van der Waals surface area (Å²) in [5.41, 5.74) is 3.07. The first-order valence-corrected chi connectivity index (χ1v) is 10.1. The van der Waals surface area contributed by atoms with Crippen molar-refractivity contribution in [2.45, 2.75) is 38.7 Å². The van der Waals surface area contributed by atoms with Crippen molar-refractivity contribution in [1.82, 2.24) is 4.90 Å². The maximum atomic E-state index is 12.9. The third kappa shape index (κ3) is 3.58. The number of ketones is 1. The molecule has 0 aliphatic carbocycles. The van der Waals surface area contributed by atoms with E-state index in [1.807, 2.05) is 26.0 Å². The van der Waals surface area contributed by atoms with Crippen molar-refractivity contribution in [1.29, 1.82) is 0 Å². The minimum Gasteiger partial charge on any atom is -0.486 e. The van der Waals surface area contributed by atoms with Crippen LogP contribution in [-0.2, 0) is 4.74 Å². The highest BCUT2D eigenvalue weighted by Gasteiger charge is 2.43. The Hall–Kier alpha value is -3.15. The molecule has 0 atom stereocenters. The number of piperidine rings is 1. The van der Waals surface area contributed by atoms with E-state index in [2.05, 4.69) is 0 Å². The van der Waals surface area contributed by atoms with Gasteiger partial charge in [-0.05, 0) is 55.3 Å². The fourth-order valence-corrected chi connectivity index (χ4v) is 4.23. The second kappa shape index (κ2) is 7.59. The number of fused-ring (bicyclic) bond motifs is 1. The molecule has 30 heavy (non-hydrogen) atoms. The number of methoxy groups -OCH3 is 1. The highest BCUT2D eigenvalue weighted by molar-refractivity contribution is 6.01. The Morgan fingerprint density at radius 1 is 1.03 bits per heavy atom. The summed E-state index contributed by atoms with van der Waals surface area (Å²) >= 11 is 0. The Bertz CT molecular complexity index is 1030. The summed E-state index contributed by atoms with van der Waals surface area (Å²) in [7, 11) is 1.31. The van der Waals surface area contributed by atoms with Crippen molar-refractivity contribution in [3.05, 3.63) is 64.2 Å². The molecule has 6 heteroatoms. The van der Waals surface area contributed by atoms with Crippen LogP contribution in [0.2, 0.25) is 0 Å². The summed E-state index contributed by atoms with van der Waals surface area (Å²) in [5, 5.41) is 0. The number of ether oxygens (including phenoxy) is 2. The van der Waals surface area contributed by atoms with Crippen molar-refractivity contribution in [2.24, 2.45) is 0 Å². The zero-order valence-corrected chi connectivity index (χ0v) is 17.5. The lowest BCUT2D eigenvalue weighted by atomic mass is 9.81. The molecule has 0 aromatic heterocycles. The van der Waals surface area contributed by atoms with Gasteiger partial charge >= 0.3 is 5.97 Å². The average molecular weight is 407 g/mol. The summed E-state index contributed by atoms with van der Waals surface area (Å²) in [6, 6.07) is 10.4. The van der Waals surface area contributed by atoms with Crippen LogP contribution < -0.4 is 4.74 Å². The third-order valence-electron chi connectivity index (χ3n) is 6.20. The van der Waals surface area contributed by atoms with Gasteiger partial charge in [-0.3, -0.25) is 9.59 Å². The van der Waals surface area contributed by atoms with Gasteiger partial charge in [0.15, 0.2) is 5.78 Å². The van der Waals surface area contributed by atoms with Gasteiger partial charge in [0.25, 0.3) is 5.91 Å². The lowest BCUT2D eigenvalue weighted by molar-refractivity contribution is -0.00575. The molecule has 2 aromatic carbocycles. The lowest BCUT2D eigenvalue weighted by Gasteiger charge is -2.44. The van der Waals surface area contributed by atoms with E-state index in [4.69, 9.17) is 9.47 Å². The van der Waals surface area contributed by atoms with Gasteiger partial charge in [-0.15, -0.1) is 0 Å². The maximum absolute atomic E-state index is 12.9. The fourth-order valence-electron chi connectivity index (χ4n) is 4.23. The second-order valence-corrected chi connectivity index (χ2v) is 8.18. The zero-order chi connectivity index (χ0) is 21.5. The molecule has 2 aliphatic rings. The quantitative estimate of drug-likeness (QED) is 0.710. The van der Waals surface area contributed by atoms with E-state index in [9.17, 15) is 14.4 Å². The van der Waals surface area contributed by atoms with Crippen LogP contribution in [0.4, 0.5) is 0 Å². The molecule has 1 saturated heterocycles. The minimum atomic E-state index is -0.559. The van der Waals surface area contributed by atoms with Gasteiger partial charge in [-0.25, -0.2) is 4.79 Å².